The highest BCUT2D eigenvalue weighted by Crippen LogP contribution is 2.18. The molecule has 0 aliphatic heterocycles. The Hall–Kier alpha value is -1.11. The fourth-order valence-electron chi connectivity index (χ4n) is 0.471. The van der Waals surface area contributed by atoms with Gasteiger partial charge in [0.2, 0.25) is 0 Å². The summed E-state index contributed by atoms with van der Waals surface area (Å²) in [5.74, 6) is -1.48. The van der Waals surface area contributed by atoms with E-state index in [1.54, 1.807) is 0 Å². The first-order valence-electron chi connectivity index (χ1n) is 2.67. The zero-order valence-corrected chi connectivity index (χ0v) is 6.28. The zero-order chi connectivity index (χ0) is 9.19. The number of hydrogen-bond donors (Lipinski definition) is 0. The van der Waals surface area contributed by atoms with Crippen LogP contribution in [0.1, 0.15) is 10.5 Å². The number of ether oxygens (including phenoxy) is 1. The van der Waals surface area contributed by atoms with Gasteiger partial charge in [-0.25, -0.2) is 9.78 Å². The largest absolute Gasteiger partial charge is 0.575 e. The molecule has 0 aromatic carbocycles. The first kappa shape index (κ1) is 8.98. The molecule has 0 spiro atoms. The van der Waals surface area contributed by atoms with Gasteiger partial charge in [0.15, 0.2) is 5.69 Å². The predicted octanol–water partition coefficient (Wildman–Crippen LogP) is 1.82. The van der Waals surface area contributed by atoms with Gasteiger partial charge in [-0.3, -0.25) is 0 Å². The minimum atomic E-state index is -4.94. The number of aromatic nitrogens is 1. The number of halogens is 3. The molecule has 0 saturated heterocycles. The van der Waals surface area contributed by atoms with Crippen LogP contribution in [-0.2, 0) is 4.74 Å². The van der Waals surface area contributed by atoms with Gasteiger partial charge in [-0.2, -0.15) is 0 Å². The lowest BCUT2D eigenvalue weighted by Gasteiger charge is -2.04. The average molecular weight is 197 g/mol. The van der Waals surface area contributed by atoms with Crippen molar-refractivity contribution in [2.75, 3.05) is 0 Å². The predicted molar refractivity (Wildman–Crippen MR) is 33.6 cm³/mol. The van der Waals surface area contributed by atoms with Gasteiger partial charge >= 0.3 is 12.3 Å². The van der Waals surface area contributed by atoms with E-state index in [2.05, 4.69) is 9.72 Å². The number of carbonyl (C=O) groups excluding carboxylic acids is 1. The Labute approximate surface area is 68.8 Å². The lowest BCUT2D eigenvalue weighted by molar-refractivity contribution is -0.291. The van der Waals surface area contributed by atoms with E-state index in [0.29, 0.717) is 0 Å². The van der Waals surface area contributed by atoms with E-state index in [1.807, 2.05) is 0 Å². The van der Waals surface area contributed by atoms with Crippen molar-refractivity contribution < 1.29 is 22.7 Å². The van der Waals surface area contributed by atoms with Crippen LogP contribution in [0.25, 0.3) is 0 Å². The van der Waals surface area contributed by atoms with Crippen LogP contribution >= 0.6 is 11.3 Å². The highest BCUT2D eigenvalue weighted by Gasteiger charge is 2.34. The first-order valence-corrected chi connectivity index (χ1v) is 3.61. The Bertz CT molecular complexity index is 269. The van der Waals surface area contributed by atoms with Crippen molar-refractivity contribution in [3.8, 4) is 0 Å². The summed E-state index contributed by atoms with van der Waals surface area (Å²) in [4.78, 5) is 13.9. The molecule has 12 heavy (non-hydrogen) atoms. The maximum absolute atomic E-state index is 11.4. The van der Waals surface area contributed by atoms with Gasteiger partial charge in [-0.1, -0.05) is 0 Å². The van der Waals surface area contributed by atoms with Crippen LogP contribution in [0, 0.1) is 0 Å². The molecule has 7 heteroatoms. The van der Waals surface area contributed by atoms with E-state index >= 15 is 0 Å². The summed E-state index contributed by atoms with van der Waals surface area (Å²) in [6, 6.07) is 0. The molecule has 1 aromatic heterocycles. The first-order chi connectivity index (χ1) is 5.49. The third kappa shape index (κ3) is 2.50. The third-order valence-electron chi connectivity index (χ3n) is 0.850. The van der Waals surface area contributed by atoms with Crippen LogP contribution in [0.15, 0.2) is 10.9 Å². The molecule has 0 radical (unpaired) electrons. The van der Waals surface area contributed by atoms with Crippen LogP contribution in [0.2, 0.25) is 0 Å². The molecule has 1 rings (SSSR count). The number of esters is 1. The fourth-order valence-corrected chi connectivity index (χ4v) is 0.992. The Morgan fingerprint density at radius 3 is 2.67 bits per heavy atom. The third-order valence-corrected chi connectivity index (χ3v) is 1.44. The molecule has 0 saturated carbocycles. The lowest BCUT2D eigenvalue weighted by Crippen LogP contribution is -2.19. The second kappa shape index (κ2) is 3.10. The Morgan fingerprint density at radius 1 is 1.58 bits per heavy atom. The molecule has 0 aliphatic carbocycles. The molecule has 0 N–H and O–H groups in total. The van der Waals surface area contributed by atoms with E-state index < -0.39 is 12.3 Å². The number of rotatable bonds is 1. The second-order valence-electron chi connectivity index (χ2n) is 1.71. The van der Waals surface area contributed by atoms with E-state index in [9.17, 15) is 18.0 Å². The molecule has 0 bridgehead atoms. The molecular weight excluding hydrogens is 195 g/mol. The monoisotopic (exact) mass is 197 g/mol. The molecule has 0 amide bonds. The van der Waals surface area contributed by atoms with Crippen LogP contribution in [0.5, 0.6) is 0 Å². The topological polar surface area (TPSA) is 39.2 Å². The van der Waals surface area contributed by atoms with Crippen molar-refractivity contribution in [2.24, 2.45) is 0 Å². The second-order valence-corrected chi connectivity index (χ2v) is 2.43. The van der Waals surface area contributed by atoms with Crippen LogP contribution in [0.3, 0.4) is 0 Å². The average Bonchev–Trinajstić information content (AvgIpc) is 2.32. The van der Waals surface area contributed by atoms with E-state index in [-0.39, 0.29) is 5.69 Å². The Kier molecular flexibility index (Phi) is 2.32. The van der Waals surface area contributed by atoms with Crippen molar-refractivity contribution in [1.82, 2.24) is 4.98 Å². The number of carbonyl (C=O) groups is 1. The maximum atomic E-state index is 11.4. The molecule has 0 fully saturated rings. The van der Waals surface area contributed by atoms with Crippen LogP contribution < -0.4 is 0 Å². The zero-order valence-electron chi connectivity index (χ0n) is 5.46. The molecule has 1 aromatic rings. The fraction of sp³-hybridized carbons (Fsp3) is 0.200. The maximum Gasteiger partial charge on any atom is 0.575 e. The smallest absolute Gasteiger partial charge is 0.368 e. The van der Waals surface area contributed by atoms with Crippen LogP contribution in [0.4, 0.5) is 13.2 Å². The van der Waals surface area contributed by atoms with Crippen molar-refractivity contribution in [1.29, 1.82) is 0 Å². The van der Waals surface area contributed by atoms with Gasteiger partial charge in [0.25, 0.3) is 0 Å². The minimum Gasteiger partial charge on any atom is -0.368 e. The van der Waals surface area contributed by atoms with Gasteiger partial charge < -0.3 is 4.74 Å². The number of alkyl halides is 3. The van der Waals surface area contributed by atoms with Gasteiger partial charge in [0, 0.05) is 5.38 Å². The van der Waals surface area contributed by atoms with Crippen molar-refractivity contribution in [3.63, 3.8) is 0 Å². The van der Waals surface area contributed by atoms with E-state index in [1.165, 1.54) is 10.9 Å². The van der Waals surface area contributed by atoms with Gasteiger partial charge in [0.1, 0.15) is 0 Å². The van der Waals surface area contributed by atoms with Crippen molar-refractivity contribution in [2.45, 2.75) is 6.36 Å². The lowest BCUT2D eigenvalue weighted by atomic mass is 10.5. The highest BCUT2D eigenvalue weighted by molar-refractivity contribution is 7.07. The highest BCUT2D eigenvalue weighted by atomic mass is 32.1. The summed E-state index contributed by atoms with van der Waals surface area (Å²) in [6.45, 7) is 0. The molecule has 0 unspecified atom stereocenters. The molecule has 0 atom stereocenters. The SMILES string of the molecule is O=C(OC(F)(F)F)c1cscn1. The minimum absolute atomic E-state index is 0.336. The van der Waals surface area contributed by atoms with Crippen molar-refractivity contribution >= 4 is 17.3 Å². The van der Waals surface area contributed by atoms with E-state index in [0.717, 1.165) is 11.3 Å². The Balaban J connectivity index is 2.63. The summed E-state index contributed by atoms with van der Waals surface area (Å²) < 4.78 is 37.4. The van der Waals surface area contributed by atoms with Gasteiger partial charge in [-0.15, -0.1) is 24.5 Å². The quantitative estimate of drug-likeness (QED) is 0.644. The number of thiazole rings is 1. The van der Waals surface area contributed by atoms with Crippen molar-refractivity contribution in [3.05, 3.63) is 16.6 Å². The number of nitrogens with zero attached hydrogens (tertiary/aromatic N) is 1. The number of hydrogen-bond acceptors (Lipinski definition) is 4. The molecule has 3 nitrogen and oxygen atoms in total. The summed E-state index contributed by atoms with van der Waals surface area (Å²) >= 11 is 1.01. The molecule has 0 aliphatic rings. The standard InChI is InChI=1S/C5H2F3NO2S/c6-5(7,8)11-4(10)3-1-12-2-9-3/h1-2H. The summed E-state index contributed by atoms with van der Waals surface area (Å²) in [6.07, 6.45) is -4.94. The summed E-state index contributed by atoms with van der Waals surface area (Å²) in [5.41, 5.74) is 0.907. The normalized spacial score (nSPS) is 11.2. The summed E-state index contributed by atoms with van der Waals surface area (Å²) in [7, 11) is 0. The molecular formula is C5H2F3NO2S. The van der Waals surface area contributed by atoms with Gasteiger partial charge in [0.05, 0.1) is 5.51 Å². The Morgan fingerprint density at radius 2 is 2.25 bits per heavy atom. The molecule has 66 valence electrons. The van der Waals surface area contributed by atoms with Gasteiger partial charge in [-0.05, 0) is 0 Å². The van der Waals surface area contributed by atoms with E-state index in [4.69, 9.17) is 0 Å². The van der Waals surface area contributed by atoms with Crippen LogP contribution in [-0.4, -0.2) is 17.3 Å². The molecule has 1 heterocycles. The summed E-state index contributed by atoms with van der Waals surface area (Å²) in [5, 5.41) is 1.17.